The number of ketones is 1. The summed E-state index contributed by atoms with van der Waals surface area (Å²) in [5.41, 5.74) is 1.96. The van der Waals surface area contributed by atoms with Gasteiger partial charge in [0.1, 0.15) is 23.7 Å². The van der Waals surface area contributed by atoms with E-state index in [0.717, 1.165) is 5.56 Å². The average molecular weight is 429 g/mol. The third kappa shape index (κ3) is 5.31. The number of aromatic nitrogens is 2. The molecule has 1 aromatic heterocycles. The van der Waals surface area contributed by atoms with Crippen LogP contribution in [0.15, 0.2) is 48.8 Å². The highest BCUT2D eigenvalue weighted by Crippen LogP contribution is 2.31. The van der Waals surface area contributed by atoms with Gasteiger partial charge in [-0.15, -0.1) is 0 Å². The van der Waals surface area contributed by atoms with Crippen molar-refractivity contribution in [3.05, 3.63) is 65.2 Å². The third-order valence-corrected chi connectivity index (χ3v) is 4.65. The van der Waals surface area contributed by atoms with Crippen LogP contribution in [0.1, 0.15) is 5.56 Å². The molecule has 3 rings (SSSR count). The van der Waals surface area contributed by atoms with Gasteiger partial charge in [-0.2, -0.15) is 0 Å². The molecule has 6 nitrogen and oxygen atoms in total. The van der Waals surface area contributed by atoms with E-state index >= 15 is 0 Å². The number of rotatable bonds is 8. The minimum absolute atomic E-state index is 0.0100. The molecule has 0 saturated carbocycles. The maximum absolute atomic E-state index is 13.4. The fraction of sp³-hybridized carbons (Fsp3) is 0.227. The van der Waals surface area contributed by atoms with Gasteiger partial charge in [-0.25, -0.2) is 14.4 Å². The Morgan fingerprint density at radius 2 is 2.07 bits per heavy atom. The summed E-state index contributed by atoms with van der Waals surface area (Å²) in [6.45, 7) is 0.683. The highest BCUT2D eigenvalue weighted by Gasteiger charge is 2.13. The van der Waals surface area contributed by atoms with E-state index in [2.05, 4.69) is 15.3 Å². The summed E-state index contributed by atoms with van der Waals surface area (Å²) in [6, 6.07) is 7.93. The maximum Gasteiger partial charge on any atom is 0.159 e. The molecule has 0 unspecified atom stereocenters. The van der Waals surface area contributed by atoms with E-state index < -0.39 is 5.82 Å². The molecule has 1 heterocycles. The van der Waals surface area contributed by atoms with Gasteiger partial charge >= 0.3 is 0 Å². The Balaban J connectivity index is 1.94. The minimum atomic E-state index is -0.498. The van der Waals surface area contributed by atoms with Crippen LogP contribution in [0.25, 0.3) is 10.9 Å². The van der Waals surface area contributed by atoms with E-state index in [9.17, 15) is 9.18 Å². The molecule has 2 aromatic carbocycles. The van der Waals surface area contributed by atoms with Gasteiger partial charge in [0.15, 0.2) is 5.78 Å². The first-order valence-electron chi connectivity index (χ1n) is 9.25. The van der Waals surface area contributed by atoms with Crippen LogP contribution in [-0.4, -0.2) is 48.4 Å². The average Bonchev–Trinajstić information content (AvgIpc) is 2.70. The molecule has 0 aliphatic carbocycles. The smallest absolute Gasteiger partial charge is 0.159 e. The van der Waals surface area contributed by atoms with Crippen molar-refractivity contribution in [3.8, 4) is 5.75 Å². The number of likely N-dealkylation sites (N-methyl/N-ethyl adjacent to an activating group) is 1. The second kappa shape index (κ2) is 9.65. The predicted molar refractivity (Wildman–Crippen MR) is 117 cm³/mol. The fourth-order valence-corrected chi connectivity index (χ4v) is 3.09. The van der Waals surface area contributed by atoms with Crippen LogP contribution in [0.5, 0.6) is 5.75 Å². The highest BCUT2D eigenvalue weighted by molar-refractivity contribution is 6.31. The summed E-state index contributed by atoms with van der Waals surface area (Å²) in [6.07, 6.45) is 5.00. The van der Waals surface area contributed by atoms with Crippen molar-refractivity contribution >= 4 is 39.8 Å². The van der Waals surface area contributed by atoms with Gasteiger partial charge in [-0.05, 0) is 44.4 Å². The standard InChI is InChI=1S/C22H22ClFN4O2/c1-28(2)8-4-5-16(29)9-14-10-17-20(12-21(14)30-3)25-13-26-22(17)27-15-6-7-19(24)18(23)11-15/h4-7,10-13H,8-9H2,1-3H3,(H,25,26,27)/b5-4+. The molecule has 0 aliphatic rings. The molecule has 8 heteroatoms. The van der Waals surface area contributed by atoms with Gasteiger partial charge in [0.05, 0.1) is 17.6 Å². The van der Waals surface area contributed by atoms with Crippen molar-refractivity contribution in [1.29, 1.82) is 0 Å². The van der Waals surface area contributed by atoms with Crippen LogP contribution in [-0.2, 0) is 11.2 Å². The Kier molecular flexibility index (Phi) is 6.97. The van der Waals surface area contributed by atoms with Gasteiger partial charge in [-0.1, -0.05) is 17.7 Å². The lowest BCUT2D eigenvalue weighted by Crippen LogP contribution is -2.11. The summed E-state index contributed by atoms with van der Waals surface area (Å²) >= 11 is 5.87. The van der Waals surface area contributed by atoms with E-state index in [-0.39, 0.29) is 17.2 Å². The third-order valence-electron chi connectivity index (χ3n) is 4.36. The number of nitrogens with one attached hydrogen (secondary N) is 1. The Morgan fingerprint density at radius 3 is 2.77 bits per heavy atom. The van der Waals surface area contributed by atoms with Crippen LogP contribution in [0.3, 0.4) is 0 Å². The van der Waals surface area contributed by atoms with Gasteiger partial charge in [-0.3, -0.25) is 4.79 Å². The molecule has 0 amide bonds. The number of carbonyl (C=O) groups is 1. The van der Waals surface area contributed by atoms with Crippen LogP contribution in [0, 0.1) is 5.82 Å². The lowest BCUT2D eigenvalue weighted by atomic mass is 10.0. The SMILES string of the molecule is COc1cc2ncnc(Nc3ccc(F)c(Cl)c3)c2cc1CC(=O)/C=C/CN(C)C. The summed E-state index contributed by atoms with van der Waals surface area (Å²) in [4.78, 5) is 22.9. The molecule has 156 valence electrons. The Morgan fingerprint density at radius 1 is 1.27 bits per heavy atom. The molecule has 0 saturated heterocycles. The number of methoxy groups -OCH3 is 1. The monoisotopic (exact) mass is 428 g/mol. The molecule has 30 heavy (non-hydrogen) atoms. The molecular formula is C22H22ClFN4O2. The van der Waals surface area contributed by atoms with Crippen molar-refractivity contribution in [3.63, 3.8) is 0 Å². The zero-order valence-electron chi connectivity index (χ0n) is 16.9. The van der Waals surface area contributed by atoms with E-state index in [1.165, 1.54) is 18.5 Å². The number of fused-ring (bicyclic) bond motifs is 1. The Bertz CT molecular complexity index is 1100. The second-order valence-corrected chi connectivity index (χ2v) is 7.37. The van der Waals surface area contributed by atoms with Crippen LogP contribution in [0.2, 0.25) is 5.02 Å². The molecule has 0 atom stereocenters. The molecule has 0 spiro atoms. The number of ether oxygens (including phenoxy) is 1. The van der Waals surface area contributed by atoms with Gasteiger partial charge in [0, 0.05) is 35.7 Å². The number of hydrogen-bond acceptors (Lipinski definition) is 6. The number of nitrogens with zero attached hydrogens (tertiary/aromatic N) is 3. The lowest BCUT2D eigenvalue weighted by Gasteiger charge is -2.13. The van der Waals surface area contributed by atoms with Crippen molar-refractivity contribution in [2.75, 3.05) is 33.1 Å². The summed E-state index contributed by atoms with van der Waals surface area (Å²) in [7, 11) is 5.42. The van der Waals surface area contributed by atoms with Gasteiger partial charge in [0.25, 0.3) is 0 Å². The Labute approximate surface area is 179 Å². The number of anilines is 2. The quantitative estimate of drug-likeness (QED) is 0.536. The first-order chi connectivity index (χ1) is 14.4. The van der Waals surface area contributed by atoms with E-state index in [1.54, 1.807) is 25.3 Å². The van der Waals surface area contributed by atoms with E-state index in [4.69, 9.17) is 16.3 Å². The topological polar surface area (TPSA) is 67.4 Å². The molecule has 0 fully saturated rings. The van der Waals surface area contributed by atoms with Gasteiger partial charge in [0.2, 0.25) is 0 Å². The zero-order chi connectivity index (χ0) is 21.7. The highest BCUT2D eigenvalue weighted by atomic mass is 35.5. The summed E-state index contributed by atoms with van der Waals surface area (Å²) in [5.74, 6) is 0.558. The van der Waals surface area contributed by atoms with Gasteiger partial charge < -0.3 is 15.0 Å². The Hall–Kier alpha value is -3.03. The number of benzene rings is 2. The summed E-state index contributed by atoms with van der Waals surface area (Å²) in [5, 5.41) is 3.85. The second-order valence-electron chi connectivity index (χ2n) is 6.97. The summed E-state index contributed by atoms with van der Waals surface area (Å²) < 4.78 is 18.9. The fourth-order valence-electron chi connectivity index (χ4n) is 2.91. The number of carbonyl (C=O) groups excluding carboxylic acids is 1. The van der Waals surface area contributed by atoms with E-state index in [1.807, 2.05) is 31.1 Å². The number of hydrogen-bond donors (Lipinski definition) is 1. The minimum Gasteiger partial charge on any atom is -0.496 e. The van der Waals surface area contributed by atoms with Crippen LogP contribution < -0.4 is 10.1 Å². The van der Waals surface area contributed by atoms with Crippen molar-refractivity contribution < 1.29 is 13.9 Å². The molecule has 1 N–H and O–H groups in total. The molecule has 0 bridgehead atoms. The van der Waals surface area contributed by atoms with E-state index in [0.29, 0.717) is 34.7 Å². The van der Waals surface area contributed by atoms with Crippen LogP contribution in [0.4, 0.5) is 15.9 Å². The largest absolute Gasteiger partial charge is 0.496 e. The predicted octanol–water partition coefficient (Wildman–Crippen LogP) is 4.40. The maximum atomic E-state index is 13.4. The number of halogens is 2. The molecule has 0 aliphatic heterocycles. The molecule has 3 aromatic rings. The lowest BCUT2D eigenvalue weighted by molar-refractivity contribution is -0.114. The molecular weight excluding hydrogens is 407 g/mol. The molecule has 0 radical (unpaired) electrons. The first kappa shape index (κ1) is 21.7. The van der Waals surface area contributed by atoms with Crippen molar-refractivity contribution in [2.45, 2.75) is 6.42 Å². The number of allylic oxidation sites excluding steroid dienone is 1. The normalized spacial score (nSPS) is 11.4. The zero-order valence-corrected chi connectivity index (χ0v) is 17.7. The first-order valence-corrected chi connectivity index (χ1v) is 9.63. The van der Waals surface area contributed by atoms with Crippen molar-refractivity contribution in [2.24, 2.45) is 0 Å². The van der Waals surface area contributed by atoms with Crippen LogP contribution >= 0.6 is 11.6 Å². The van der Waals surface area contributed by atoms with Crippen molar-refractivity contribution in [1.82, 2.24) is 14.9 Å².